The van der Waals surface area contributed by atoms with Crippen molar-refractivity contribution in [1.82, 2.24) is 0 Å². The maximum absolute atomic E-state index is 12.2. The molecule has 0 spiro atoms. The topological polar surface area (TPSA) is 55.8 Å². The maximum Gasteiger partial charge on any atom is 0.232 e. The third kappa shape index (κ3) is 4.39. The third-order valence-corrected chi connectivity index (χ3v) is 4.60. The lowest BCUT2D eigenvalue weighted by Crippen LogP contribution is -2.29. The summed E-state index contributed by atoms with van der Waals surface area (Å²) in [5.74, 6) is 1.24. The molecule has 2 rings (SSSR count). The summed E-state index contributed by atoms with van der Waals surface area (Å²) < 4.78 is 36.2. The van der Waals surface area contributed by atoms with Crippen LogP contribution in [-0.2, 0) is 16.6 Å². The Labute approximate surface area is 137 Å². The van der Waals surface area contributed by atoms with Gasteiger partial charge in [-0.15, -0.1) is 0 Å². The summed E-state index contributed by atoms with van der Waals surface area (Å²) in [6, 6.07) is 12.7. The van der Waals surface area contributed by atoms with Gasteiger partial charge < -0.3 is 9.47 Å². The van der Waals surface area contributed by atoms with Crippen molar-refractivity contribution in [3.8, 4) is 11.5 Å². The van der Waals surface area contributed by atoms with Gasteiger partial charge in [-0.1, -0.05) is 17.7 Å². The van der Waals surface area contributed by atoms with Crippen molar-refractivity contribution in [2.75, 3.05) is 24.8 Å². The van der Waals surface area contributed by atoms with Crippen molar-refractivity contribution in [3.05, 3.63) is 53.6 Å². The first-order valence-electron chi connectivity index (χ1n) is 7.10. The van der Waals surface area contributed by atoms with Gasteiger partial charge in [0.15, 0.2) is 0 Å². The predicted octanol–water partition coefficient (Wildman–Crippen LogP) is 2.98. The van der Waals surface area contributed by atoms with Crippen LogP contribution in [0.1, 0.15) is 11.1 Å². The molecular formula is C17H21NO4S. The maximum atomic E-state index is 12.2. The van der Waals surface area contributed by atoms with Gasteiger partial charge in [-0.2, -0.15) is 0 Å². The Morgan fingerprint density at radius 3 is 1.91 bits per heavy atom. The van der Waals surface area contributed by atoms with Crippen molar-refractivity contribution in [2.24, 2.45) is 0 Å². The van der Waals surface area contributed by atoms with E-state index in [1.165, 1.54) is 10.6 Å². The third-order valence-electron chi connectivity index (χ3n) is 3.46. The number of methoxy groups -OCH3 is 2. The number of rotatable bonds is 6. The minimum absolute atomic E-state index is 0.204. The van der Waals surface area contributed by atoms with Gasteiger partial charge >= 0.3 is 0 Å². The van der Waals surface area contributed by atoms with Crippen LogP contribution in [0.3, 0.4) is 0 Å². The number of sulfonamides is 1. The van der Waals surface area contributed by atoms with Crippen molar-refractivity contribution in [1.29, 1.82) is 0 Å². The summed E-state index contributed by atoms with van der Waals surface area (Å²) in [5, 5.41) is 0. The van der Waals surface area contributed by atoms with Crippen molar-refractivity contribution in [3.63, 3.8) is 0 Å². The van der Waals surface area contributed by atoms with Crippen molar-refractivity contribution in [2.45, 2.75) is 13.5 Å². The largest absolute Gasteiger partial charge is 0.497 e. The van der Waals surface area contributed by atoms with Crippen LogP contribution in [0.2, 0.25) is 0 Å². The summed E-state index contributed by atoms with van der Waals surface area (Å²) in [4.78, 5) is 0. The standard InChI is InChI=1S/C17H21NO4S/c1-13-5-7-15(8-6-13)18(23(4,19)20)12-14-9-16(21-2)11-17(10-14)22-3/h5-11H,12H2,1-4H3. The average molecular weight is 335 g/mol. The average Bonchev–Trinajstić information content (AvgIpc) is 2.52. The summed E-state index contributed by atoms with van der Waals surface area (Å²) in [6.45, 7) is 2.16. The molecule has 2 aromatic rings. The SMILES string of the molecule is COc1cc(CN(c2ccc(C)cc2)S(C)(=O)=O)cc(OC)c1. The van der Waals surface area contributed by atoms with E-state index in [-0.39, 0.29) is 6.54 Å². The van der Waals surface area contributed by atoms with Crippen LogP contribution >= 0.6 is 0 Å². The molecule has 6 heteroatoms. The molecule has 0 saturated heterocycles. The highest BCUT2D eigenvalue weighted by Gasteiger charge is 2.18. The Morgan fingerprint density at radius 2 is 1.48 bits per heavy atom. The molecule has 23 heavy (non-hydrogen) atoms. The van der Waals surface area contributed by atoms with Crippen LogP contribution in [0.4, 0.5) is 5.69 Å². The molecule has 2 aromatic carbocycles. The molecule has 0 radical (unpaired) electrons. The number of aryl methyl sites for hydroxylation is 1. The zero-order chi connectivity index (χ0) is 17.0. The van der Waals surface area contributed by atoms with Gasteiger partial charge in [0.2, 0.25) is 10.0 Å². The predicted molar refractivity (Wildman–Crippen MR) is 91.8 cm³/mol. The molecule has 0 aliphatic rings. The monoisotopic (exact) mass is 335 g/mol. The van der Waals surface area contributed by atoms with Gasteiger partial charge in [0.1, 0.15) is 11.5 Å². The van der Waals surface area contributed by atoms with E-state index in [0.717, 1.165) is 11.1 Å². The summed E-state index contributed by atoms with van der Waals surface area (Å²) >= 11 is 0. The van der Waals surface area contributed by atoms with E-state index in [1.807, 2.05) is 19.1 Å². The van der Waals surface area contributed by atoms with Gasteiger partial charge in [-0.05, 0) is 36.8 Å². The van der Waals surface area contributed by atoms with Crippen LogP contribution in [0.25, 0.3) is 0 Å². The number of ether oxygens (including phenoxy) is 2. The molecule has 0 unspecified atom stereocenters. The second-order valence-electron chi connectivity index (χ2n) is 5.33. The van der Waals surface area contributed by atoms with Crippen LogP contribution < -0.4 is 13.8 Å². The summed E-state index contributed by atoms with van der Waals surface area (Å²) in [6.07, 6.45) is 1.20. The van der Waals surface area contributed by atoms with E-state index in [2.05, 4.69) is 0 Å². The Hall–Kier alpha value is -2.21. The number of hydrogen-bond acceptors (Lipinski definition) is 4. The Kier molecular flexibility index (Phi) is 5.15. The van der Waals surface area contributed by atoms with Gasteiger partial charge in [-0.25, -0.2) is 8.42 Å². The minimum atomic E-state index is -3.42. The van der Waals surface area contributed by atoms with Crippen LogP contribution in [0.15, 0.2) is 42.5 Å². The zero-order valence-electron chi connectivity index (χ0n) is 13.7. The van der Waals surface area contributed by atoms with E-state index >= 15 is 0 Å². The van der Waals surface area contributed by atoms with Crippen LogP contribution in [0, 0.1) is 6.92 Å². The first kappa shape index (κ1) is 17.1. The van der Waals surface area contributed by atoms with Crippen LogP contribution in [0.5, 0.6) is 11.5 Å². The molecule has 0 fully saturated rings. The normalized spacial score (nSPS) is 11.1. The molecule has 0 atom stereocenters. The molecule has 0 N–H and O–H groups in total. The lowest BCUT2D eigenvalue weighted by Gasteiger charge is -2.23. The quantitative estimate of drug-likeness (QED) is 0.814. The highest BCUT2D eigenvalue weighted by Crippen LogP contribution is 2.26. The fourth-order valence-electron chi connectivity index (χ4n) is 2.23. The first-order valence-corrected chi connectivity index (χ1v) is 8.94. The van der Waals surface area contributed by atoms with Crippen LogP contribution in [-0.4, -0.2) is 28.9 Å². The van der Waals surface area contributed by atoms with Gasteiger partial charge in [-0.3, -0.25) is 4.31 Å². The lowest BCUT2D eigenvalue weighted by molar-refractivity contribution is 0.393. The smallest absolute Gasteiger partial charge is 0.232 e. The molecule has 0 amide bonds. The summed E-state index contributed by atoms with van der Waals surface area (Å²) in [5.41, 5.74) is 2.48. The highest BCUT2D eigenvalue weighted by atomic mass is 32.2. The first-order chi connectivity index (χ1) is 10.8. The Bertz CT molecular complexity index is 747. The second kappa shape index (κ2) is 6.91. The number of anilines is 1. The number of benzene rings is 2. The van der Waals surface area contributed by atoms with E-state index in [0.29, 0.717) is 17.2 Å². The number of nitrogens with zero attached hydrogens (tertiary/aromatic N) is 1. The van der Waals surface area contributed by atoms with Gasteiger partial charge in [0.05, 0.1) is 32.7 Å². The zero-order valence-corrected chi connectivity index (χ0v) is 14.6. The highest BCUT2D eigenvalue weighted by molar-refractivity contribution is 7.92. The molecule has 0 aromatic heterocycles. The van der Waals surface area contributed by atoms with Crippen molar-refractivity contribution >= 4 is 15.7 Å². The Morgan fingerprint density at radius 1 is 0.957 bits per heavy atom. The Balaban J connectivity index is 2.41. The second-order valence-corrected chi connectivity index (χ2v) is 7.23. The molecule has 5 nitrogen and oxygen atoms in total. The van der Waals surface area contributed by atoms with Gasteiger partial charge in [0.25, 0.3) is 0 Å². The van der Waals surface area contributed by atoms with E-state index < -0.39 is 10.0 Å². The fraction of sp³-hybridized carbons (Fsp3) is 0.294. The summed E-state index contributed by atoms with van der Waals surface area (Å²) in [7, 11) is -0.292. The lowest BCUT2D eigenvalue weighted by atomic mass is 10.2. The molecule has 124 valence electrons. The van der Waals surface area contributed by atoms with E-state index in [4.69, 9.17) is 9.47 Å². The van der Waals surface area contributed by atoms with E-state index in [9.17, 15) is 8.42 Å². The van der Waals surface area contributed by atoms with Gasteiger partial charge in [0, 0.05) is 6.07 Å². The van der Waals surface area contributed by atoms with E-state index in [1.54, 1.807) is 44.6 Å². The number of hydrogen-bond donors (Lipinski definition) is 0. The minimum Gasteiger partial charge on any atom is -0.497 e. The molecule has 0 bridgehead atoms. The van der Waals surface area contributed by atoms with Crippen molar-refractivity contribution < 1.29 is 17.9 Å². The molecular weight excluding hydrogens is 314 g/mol. The molecule has 0 aliphatic heterocycles. The molecule has 0 saturated carbocycles. The fourth-order valence-corrected chi connectivity index (χ4v) is 3.12. The molecule has 0 heterocycles. The molecule has 0 aliphatic carbocycles.